The van der Waals surface area contributed by atoms with E-state index in [1.807, 2.05) is 80.0 Å². The van der Waals surface area contributed by atoms with E-state index in [1.165, 1.54) is 0 Å². The summed E-state index contributed by atoms with van der Waals surface area (Å²) in [6.07, 6.45) is 0.640. The van der Waals surface area contributed by atoms with Gasteiger partial charge in [-0.1, -0.05) is 49.4 Å². The number of benzene rings is 2. The number of aromatic nitrogens is 1. The van der Waals surface area contributed by atoms with E-state index in [0.717, 1.165) is 22.4 Å². The Kier molecular flexibility index (Phi) is 6.55. The highest BCUT2D eigenvalue weighted by Gasteiger charge is 2.26. The van der Waals surface area contributed by atoms with E-state index in [-0.39, 0.29) is 5.91 Å². The van der Waals surface area contributed by atoms with Crippen LogP contribution in [-0.2, 0) is 13.5 Å². The summed E-state index contributed by atoms with van der Waals surface area (Å²) in [5.41, 5.74) is 5.60. The van der Waals surface area contributed by atoms with Crippen molar-refractivity contribution in [1.29, 1.82) is 10.5 Å². The van der Waals surface area contributed by atoms with Gasteiger partial charge in [-0.15, -0.1) is 0 Å². The highest BCUT2D eigenvalue weighted by molar-refractivity contribution is 6.01. The Hall–Kier alpha value is -3.87. The van der Waals surface area contributed by atoms with Gasteiger partial charge in [-0.2, -0.15) is 10.5 Å². The minimum absolute atomic E-state index is 0.221. The molecule has 31 heavy (non-hydrogen) atoms. The van der Waals surface area contributed by atoms with Crippen molar-refractivity contribution in [2.24, 2.45) is 7.05 Å². The number of amides is 1. The van der Waals surface area contributed by atoms with Crippen LogP contribution in [0.15, 0.2) is 48.5 Å². The predicted octanol–water partition coefficient (Wildman–Crippen LogP) is 3.91. The average Bonchev–Trinajstić information content (AvgIpc) is 3.08. The zero-order valence-electron chi connectivity index (χ0n) is 18.2. The van der Waals surface area contributed by atoms with E-state index in [9.17, 15) is 15.3 Å². The Morgan fingerprint density at radius 1 is 1.03 bits per heavy atom. The van der Waals surface area contributed by atoms with Crippen molar-refractivity contribution in [3.63, 3.8) is 0 Å². The molecule has 1 heterocycles. The first kappa shape index (κ1) is 21.8. The summed E-state index contributed by atoms with van der Waals surface area (Å²) in [5, 5.41) is 22.2. The van der Waals surface area contributed by atoms with Crippen LogP contribution in [0.4, 0.5) is 0 Å². The number of nitrogens with zero attached hydrogens (tertiary/aromatic N) is 4. The number of nitriles is 2. The Bertz CT molecular complexity index is 1190. The van der Waals surface area contributed by atoms with Gasteiger partial charge >= 0.3 is 0 Å². The van der Waals surface area contributed by atoms with Crippen molar-refractivity contribution < 1.29 is 4.79 Å². The van der Waals surface area contributed by atoms with Gasteiger partial charge in [0.1, 0.15) is 11.8 Å². The van der Waals surface area contributed by atoms with Crippen molar-refractivity contribution in [3.05, 3.63) is 71.0 Å². The van der Waals surface area contributed by atoms with Gasteiger partial charge < -0.3 is 9.88 Å². The largest absolute Gasteiger partial charge is 0.342 e. The van der Waals surface area contributed by atoms with Crippen LogP contribution in [0.1, 0.15) is 34.2 Å². The molecule has 1 amide bonds. The summed E-state index contributed by atoms with van der Waals surface area (Å²) >= 11 is 0. The normalized spacial score (nSPS) is 10.5. The van der Waals surface area contributed by atoms with Crippen molar-refractivity contribution in [3.8, 4) is 34.4 Å². The molecule has 0 aliphatic rings. The topological polar surface area (TPSA) is 84.8 Å². The number of rotatable bonds is 6. The van der Waals surface area contributed by atoms with Gasteiger partial charge in [-0.05, 0) is 43.3 Å². The molecule has 0 unspecified atom stereocenters. The molecule has 3 rings (SSSR count). The lowest BCUT2D eigenvalue weighted by Crippen LogP contribution is -2.34. The fourth-order valence-corrected chi connectivity index (χ4v) is 3.78. The Labute approximate surface area is 183 Å². The zero-order valence-corrected chi connectivity index (χ0v) is 18.2. The molecule has 6 heteroatoms. The quantitative estimate of drug-likeness (QED) is 0.623. The minimum atomic E-state index is -0.221. The standard InChI is InChI=1S/C25H25N5O/c1-5-22-21(15-27)23(24(30(22)4)25(31)28-16-29(2)3)18-12-10-17(11-13-18)20-9-7-6-8-19(20)14-26/h6-13H,5,16H2,1-4H3,(H,28,31). The number of carbonyl (C=O) groups is 1. The molecular weight excluding hydrogens is 386 g/mol. The molecule has 6 nitrogen and oxygen atoms in total. The van der Waals surface area contributed by atoms with Crippen molar-refractivity contribution in [1.82, 2.24) is 14.8 Å². The summed E-state index contributed by atoms with van der Waals surface area (Å²) in [6.45, 7) is 2.38. The van der Waals surface area contributed by atoms with Gasteiger partial charge in [0.2, 0.25) is 0 Å². The Morgan fingerprint density at radius 2 is 1.68 bits per heavy atom. The van der Waals surface area contributed by atoms with Crippen LogP contribution in [0.5, 0.6) is 0 Å². The first-order chi connectivity index (χ1) is 14.9. The van der Waals surface area contributed by atoms with Crippen LogP contribution in [-0.4, -0.2) is 36.1 Å². The third kappa shape index (κ3) is 4.21. The number of carbonyl (C=O) groups excluding carboxylic acids is 1. The molecule has 0 spiro atoms. The van der Waals surface area contributed by atoms with Crippen LogP contribution >= 0.6 is 0 Å². The third-order valence-corrected chi connectivity index (χ3v) is 5.27. The Balaban J connectivity index is 2.13. The van der Waals surface area contributed by atoms with E-state index in [2.05, 4.69) is 17.5 Å². The lowest BCUT2D eigenvalue weighted by molar-refractivity contribution is 0.0927. The number of nitrogens with one attached hydrogen (secondary N) is 1. The summed E-state index contributed by atoms with van der Waals surface area (Å²) < 4.78 is 1.82. The molecule has 0 bridgehead atoms. The van der Waals surface area contributed by atoms with E-state index >= 15 is 0 Å². The van der Waals surface area contributed by atoms with E-state index < -0.39 is 0 Å². The molecule has 0 aliphatic heterocycles. The van der Waals surface area contributed by atoms with Crippen LogP contribution < -0.4 is 5.32 Å². The maximum absolute atomic E-state index is 13.0. The summed E-state index contributed by atoms with van der Waals surface area (Å²) in [5.74, 6) is -0.221. The first-order valence-corrected chi connectivity index (χ1v) is 10.1. The second kappa shape index (κ2) is 9.30. The van der Waals surface area contributed by atoms with Gasteiger partial charge in [0.05, 0.1) is 23.9 Å². The molecule has 3 aromatic rings. The second-order valence-electron chi connectivity index (χ2n) is 7.55. The molecule has 0 saturated heterocycles. The van der Waals surface area contributed by atoms with E-state index in [4.69, 9.17) is 0 Å². The third-order valence-electron chi connectivity index (χ3n) is 5.27. The molecule has 2 aromatic carbocycles. The SMILES string of the molecule is CCc1c(C#N)c(-c2ccc(-c3ccccc3C#N)cc2)c(C(=O)NCN(C)C)n1C. The maximum Gasteiger partial charge on any atom is 0.269 e. The van der Waals surface area contributed by atoms with Crippen LogP contribution in [0.2, 0.25) is 0 Å². The molecular formula is C25H25N5O. The molecule has 156 valence electrons. The van der Waals surface area contributed by atoms with Crippen molar-refractivity contribution in [2.45, 2.75) is 13.3 Å². The minimum Gasteiger partial charge on any atom is -0.342 e. The lowest BCUT2D eigenvalue weighted by Gasteiger charge is -2.13. The van der Waals surface area contributed by atoms with Gasteiger partial charge in [0.15, 0.2) is 0 Å². The monoisotopic (exact) mass is 411 g/mol. The van der Waals surface area contributed by atoms with Gasteiger partial charge in [-0.25, -0.2) is 0 Å². The molecule has 0 fully saturated rings. The van der Waals surface area contributed by atoms with Gasteiger partial charge in [-0.3, -0.25) is 9.69 Å². The van der Waals surface area contributed by atoms with E-state index in [1.54, 1.807) is 6.07 Å². The van der Waals surface area contributed by atoms with Crippen molar-refractivity contribution >= 4 is 5.91 Å². The smallest absolute Gasteiger partial charge is 0.269 e. The molecule has 0 aliphatic carbocycles. The van der Waals surface area contributed by atoms with Crippen molar-refractivity contribution in [2.75, 3.05) is 20.8 Å². The Morgan fingerprint density at radius 3 is 2.26 bits per heavy atom. The highest BCUT2D eigenvalue weighted by Crippen LogP contribution is 2.34. The van der Waals surface area contributed by atoms with Crippen LogP contribution in [0.3, 0.4) is 0 Å². The number of hydrogen-bond acceptors (Lipinski definition) is 4. The summed E-state index contributed by atoms with van der Waals surface area (Å²) in [7, 11) is 5.58. The highest BCUT2D eigenvalue weighted by atomic mass is 16.2. The maximum atomic E-state index is 13.0. The lowest BCUT2D eigenvalue weighted by atomic mass is 9.95. The van der Waals surface area contributed by atoms with Crippen LogP contribution in [0.25, 0.3) is 22.3 Å². The molecule has 1 N–H and O–H groups in total. The van der Waals surface area contributed by atoms with Crippen LogP contribution in [0, 0.1) is 22.7 Å². The molecule has 0 atom stereocenters. The molecule has 0 saturated carbocycles. The average molecular weight is 412 g/mol. The number of hydrogen-bond donors (Lipinski definition) is 1. The first-order valence-electron chi connectivity index (χ1n) is 10.1. The van der Waals surface area contributed by atoms with Gasteiger partial charge in [0.25, 0.3) is 5.91 Å². The summed E-state index contributed by atoms with van der Waals surface area (Å²) in [6, 6.07) is 19.6. The predicted molar refractivity (Wildman–Crippen MR) is 121 cm³/mol. The zero-order chi connectivity index (χ0) is 22.5. The molecule has 0 radical (unpaired) electrons. The van der Waals surface area contributed by atoms with Gasteiger partial charge in [0, 0.05) is 18.3 Å². The fourth-order valence-electron chi connectivity index (χ4n) is 3.78. The molecule has 1 aromatic heterocycles. The van der Waals surface area contributed by atoms with E-state index in [0.29, 0.717) is 35.5 Å². The summed E-state index contributed by atoms with van der Waals surface area (Å²) in [4.78, 5) is 14.9. The second-order valence-corrected chi connectivity index (χ2v) is 7.55. The fraction of sp³-hybridized carbons (Fsp3) is 0.240.